The third kappa shape index (κ3) is 5.72. The normalized spacial score (nSPS) is 13.1. The number of hydrogen-bond donors (Lipinski definition) is 0. The lowest BCUT2D eigenvalue weighted by Gasteiger charge is -2.42. The SMILES string of the molecule is c1ccc(-c2cccc(N(c3ccc(-c4ccc5c(c4)C4(c6ccccc6-5)c5c(c6ccccc6c6ccccc56)Oc5c4c4ccccc4c4ccccc54)cc3)c3ccc4oc5ccccc5c4c3)c2)cc1. The molecule has 14 aromatic rings. The van der Waals surface area contributed by atoms with E-state index in [1.165, 1.54) is 71.3 Å². The van der Waals surface area contributed by atoms with Crippen molar-refractivity contribution in [3.8, 4) is 44.9 Å². The second-order valence-corrected chi connectivity index (χ2v) is 19.8. The number of hydrogen-bond acceptors (Lipinski definition) is 3. The number of nitrogens with zero attached hydrogens (tertiary/aromatic N) is 1. The maximum atomic E-state index is 7.62. The van der Waals surface area contributed by atoms with Gasteiger partial charge in [-0.05, 0) is 131 Å². The van der Waals surface area contributed by atoms with Crippen LogP contribution in [0.2, 0.25) is 0 Å². The van der Waals surface area contributed by atoms with Crippen LogP contribution < -0.4 is 9.64 Å². The molecule has 1 spiro atoms. The summed E-state index contributed by atoms with van der Waals surface area (Å²) in [6.45, 7) is 0. The molecule has 13 aromatic carbocycles. The van der Waals surface area contributed by atoms with Crippen molar-refractivity contribution in [1.82, 2.24) is 0 Å². The fourth-order valence-electron chi connectivity index (χ4n) is 13.0. The summed E-state index contributed by atoms with van der Waals surface area (Å²) in [7, 11) is 0. The second kappa shape index (κ2) is 15.6. The Morgan fingerprint density at radius 1 is 0.270 bits per heavy atom. The average molecular weight is 942 g/mol. The first-order valence-electron chi connectivity index (χ1n) is 25.5. The van der Waals surface area contributed by atoms with Crippen molar-refractivity contribution in [2.45, 2.75) is 5.41 Å². The molecule has 16 rings (SSSR count). The van der Waals surface area contributed by atoms with Crippen LogP contribution in [0.1, 0.15) is 22.3 Å². The Bertz CT molecular complexity index is 4520. The zero-order valence-electron chi connectivity index (χ0n) is 40.1. The van der Waals surface area contributed by atoms with Crippen molar-refractivity contribution >= 4 is 82.1 Å². The monoisotopic (exact) mass is 941 g/mol. The molecule has 0 bridgehead atoms. The minimum Gasteiger partial charge on any atom is -0.456 e. The molecule has 0 N–H and O–H groups in total. The highest BCUT2D eigenvalue weighted by molar-refractivity contribution is 6.19. The van der Waals surface area contributed by atoms with Gasteiger partial charge in [-0.15, -0.1) is 0 Å². The topological polar surface area (TPSA) is 25.6 Å². The van der Waals surface area contributed by atoms with Gasteiger partial charge in [-0.1, -0.05) is 206 Å². The molecule has 0 amide bonds. The Morgan fingerprint density at radius 2 is 0.743 bits per heavy atom. The van der Waals surface area contributed by atoms with Crippen LogP contribution in [0.25, 0.3) is 98.4 Å². The summed E-state index contributed by atoms with van der Waals surface area (Å²) in [6, 6.07) is 95.3. The summed E-state index contributed by atoms with van der Waals surface area (Å²) in [4.78, 5) is 2.37. The van der Waals surface area contributed by atoms with Gasteiger partial charge in [-0.2, -0.15) is 0 Å². The molecule has 0 saturated carbocycles. The van der Waals surface area contributed by atoms with Gasteiger partial charge in [0.05, 0.1) is 5.41 Å². The van der Waals surface area contributed by atoms with E-state index in [4.69, 9.17) is 9.15 Å². The van der Waals surface area contributed by atoms with Crippen LogP contribution in [0.3, 0.4) is 0 Å². The molecule has 0 unspecified atom stereocenters. The van der Waals surface area contributed by atoms with Crippen molar-refractivity contribution in [3.63, 3.8) is 0 Å². The third-order valence-electron chi connectivity index (χ3n) is 16.1. The van der Waals surface area contributed by atoms with Crippen LogP contribution >= 0.6 is 0 Å². The van der Waals surface area contributed by atoms with E-state index in [1.54, 1.807) is 0 Å². The Balaban J connectivity index is 0.936. The van der Waals surface area contributed by atoms with E-state index in [-0.39, 0.29) is 0 Å². The molecule has 0 atom stereocenters. The highest BCUT2D eigenvalue weighted by Crippen LogP contribution is 2.67. The number of ether oxygens (including phenoxy) is 1. The van der Waals surface area contributed by atoms with E-state index in [1.807, 2.05) is 12.1 Å². The molecule has 0 fully saturated rings. The van der Waals surface area contributed by atoms with E-state index < -0.39 is 5.41 Å². The number of para-hydroxylation sites is 1. The van der Waals surface area contributed by atoms with Gasteiger partial charge in [-0.25, -0.2) is 0 Å². The van der Waals surface area contributed by atoms with Gasteiger partial charge in [0, 0.05) is 49.7 Å². The van der Waals surface area contributed by atoms with E-state index in [9.17, 15) is 0 Å². The molecule has 344 valence electrons. The molecular formula is C71H43NO2. The maximum Gasteiger partial charge on any atom is 0.140 e. The lowest BCUT2D eigenvalue weighted by Crippen LogP contribution is -2.33. The zero-order chi connectivity index (χ0) is 48.5. The molecule has 3 nitrogen and oxygen atoms in total. The fourth-order valence-corrected chi connectivity index (χ4v) is 13.0. The summed E-state index contributed by atoms with van der Waals surface area (Å²) in [5.74, 6) is 1.84. The van der Waals surface area contributed by atoms with Crippen LogP contribution in [0, 0.1) is 0 Å². The molecule has 0 saturated heterocycles. The number of furan rings is 1. The first-order chi connectivity index (χ1) is 36.7. The number of anilines is 3. The smallest absolute Gasteiger partial charge is 0.140 e. The van der Waals surface area contributed by atoms with Gasteiger partial charge in [0.1, 0.15) is 22.7 Å². The lowest BCUT2D eigenvalue weighted by atomic mass is 9.62. The summed E-state index contributed by atoms with van der Waals surface area (Å²) in [5.41, 5.74) is 16.2. The van der Waals surface area contributed by atoms with Crippen molar-refractivity contribution in [2.75, 3.05) is 4.90 Å². The van der Waals surface area contributed by atoms with E-state index in [0.717, 1.165) is 78.0 Å². The largest absolute Gasteiger partial charge is 0.456 e. The van der Waals surface area contributed by atoms with Crippen molar-refractivity contribution < 1.29 is 9.15 Å². The predicted molar refractivity (Wildman–Crippen MR) is 307 cm³/mol. The van der Waals surface area contributed by atoms with Gasteiger partial charge in [0.2, 0.25) is 0 Å². The molecule has 2 aliphatic rings. The summed E-state index contributed by atoms with van der Waals surface area (Å²) in [6.07, 6.45) is 0. The highest BCUT2D eigenvalue weighted by atomic mass is 16.5. The maximum absolute atomic E-state index is 7.62. The van der Waals surface area contributed by atoms with Gasteiger partial charge >= 0.3 is 0 Å². The van der Waals surface area contributed by atoms with Crippen molar-refractivity contribution in [2.24, 2.45) is 0 Å². The van der Waals surface area contributed by atoms with Gasteiger partial charge < -0.3 is 14.1 Å². The van der Waals surface area contributed by atoms with Gasteiger partial charge in [0.15, 0.2) is 0 Å². The summed E-state index contributed by atoms with van der Waals surface area (Å²) >= 11 is 0. The molecule has 74 heavy (non-hydrogen) atoms. The zero-order valence-corrected chi connectivity index (χ0v) is 40.1. The minimum atomic E-state index is -0.755. The van der Waals surface area contributed by atoms with Crippen molar-refractivity contribution in [1.29, 1.82) is 0 Å². The number of fused-ring (bicyclic) bond motifs is 22. The standard InChI is InChI=1S/C71H43NO2/c1-2-17-44(18-3-1)46-19-16-20-49(41-46)72(50-38-40-66-62(43-50)57-26-13-15-32-65(57)73-66)48-36-33-45(34-37-48)47-35-39-56-55-25-12-14-31-63(55)71(64(56)42-47)67-58-27-8-4-21-51(58)53-23-6-10-29-60(53)69(67)74-70-61-30-11-7-24-54(61)52-22-5-9-28-59(52)68(70)71/h1-43H. The minimum absolute atomic E-state index is 0.755. The summed E-state index contributed by atoms with van der Waals surface area (Å²) < 4.78 is 14.0. The molecule has 1 aromatic heterocycles. The van der Waals surface area contributed by atoms with E-state index in [0.29, 0.717) is 0 Å². The van der Waals surface area contributed by atoms with Crippen LogP contribution in [-0.2, 0) is 5.41 Å². The predicted octanol–water partition coefficient (Wildman–Crippen LogP) is 19.5. The third-order valence-corrected chi connectivity index (χ3v) is 16.1. The van der Waals surface area contributed by atoms with Gasteiger partial charge in [0.25, 0.3) is 0 Å². The van der Waals surface area contributed by atoms with Crippen LogP contribution in [0.15, 0.2) is 265 Å². The first-order valence-corrected chi connectivity index (χ1v) is 25.5. The van der Waals surface area contributed by atoms with Gasteiger partial charge in [-0.3, -0.25) is 0 Å². The Hall–Kier alpha value is -9.70. The van der Waals surface area contributed by atoms with Crippen LogP contribution in [0.5, 0.6) is 11.5 Å². The Morgan fingerprint density at radius 3 is 1.43 bits per heavy atom. The molecule has 2 heterocycles. The van der Waals surface area contributed by atoms with Crippen molar-refractivity contribution in [3.05, 3.63) is 283 Å². The molecule has 3 heteroatoms. The quantitative estimate of drug-likeness (QED) is 0.161. The number of rotatable bonds is 5. The molecule has 1 aliphatic heterocycles. The lowest BCUT2D eigenvalue weighted by molar-refractivity contribution is 0.451. The average Bonchev–Trinajstić information content (AvgIpc) is 4.02. The first kappa shape index (κ1) is 41.0. The molecule has 0 radical (unpaired) electrons. The fraction of sp³-hybridized carbons (Fsp3) is 0.0141. The second-order valence-electron chi connectivity index (χ2n) is 19.8. The summed E-state index contributed by atoms with van der Waals surface area (Å²) in [5, 5.41) is 11.6. The Labute approximate surface area is 427 Å². The van der Waals surface area contributed by atoms with Crippen LogP contribution in [0.4, 0.5) is 17.1 Å². The van der Waals surface area contributed by atoms with E-state index in [2.05, 4.69) is 254 Å². The highest BCUT2D eigenvalue weighted by Gasteiger charge is 2.54. The van der Waals surface area contributed by atoms with Crippen LogP contribution in [-0.4, -0.2) is 0 Å². The number of benzene rings is 13. The molecule has 1 aliphatic carbocycles. The Kier molecular flexibility index (Phi) is 8.66. The van der Waals surface area contributed by atoms with E-state index >= 15 is 0 Å². The molecular weight excluding hydrogens is 899 g/mol.